The number of carboxylic acid groups (broad SMARTS) is 1. The first-order chi connectivity index (χ1) is 12.5. The molecule has 0 aliphatic carbocycles. The highest BCUT2D eigenvalue weighted by Gasteiger charge is 2.31. The number of hydrogen-bond acceptors (Lipinski definition) is 4. The Labute approximate surface area is 155 Å². The van der Waals surface area contributed by atoms with Crippen LogP contribution >= 0.6 is 11.6 Å². The second-order valence-corrected chi connectivity index (χ2v) is 6.37. The molecule has 2 atom stereocenters. The molecule has 0 unspecified atom stereocenters. The molecule has 7 heteroatoms. The van der Waals surface area contributed by atoms with Gasteiger partial charge in [0.25, 0.3) is 5.91 Å². The predicted molar refractivity (Wildman–Crippen MR) is 97.2 cm³/mol. The average Bonchev–Trinajstić information content (AvgIpc) is 3.13. The number of aliphatic carboxylic acids is 1. The Morgan fingerprint density at radius 3 is 2.54 bits per heavy atom. The molecule has 0 aromatic heterocycles. The first-order valence-electron chi connectivity index (χ1n) is 8.08. The van der Waals surface area contributed by atoms with Gasteiger partial charge in [-0.15, -0.1) is 0 Å². The van der Waals surface area contributed by atoms with E-state index in [1.165, 1.54) is 0 Å². The molecule has 134 valence electrons. The SMILES string of the molecule is O=C(O)[C@@H](Cc1ccccc1)NC(=O)[C@H]1CC(c2ccc(Cl)cc2)=NO1. The highest BCUT2D eigenvalue weighted by molar-refractivity contribution is 6.30. The number of rotatable bonds is 6. The lowest BCUT2D eigenvalue weighted by Gasteiger charge is -2.16. The third-order valence-electron chi connectivity index (χ3n) is 4.04. The molecule has 0 saturated carbocycles. The molecule has 1 amide bonds. The first-order valence-corrected chi connectivity index (χ1v) is 8.46. The summed E-state index contributed by atoms with van der Waals surface area (Å²) in [5, 5.41) is 16.5. The van der Waals surface area contributed by atoms with Gasteiger partial charge in [0.05, 0.1) is 5.71 Å². The lowest BCUT2D eigenvalue weighted by Crippen LogP contribution is -2.46. The predicted octanol–water partition coefficient (Wildman–Crippen LogP) is 2.65. The van der Waals surface area contributed by atoms with Crippen LogP contribution in [0.3, 0.4) is 0 Å². The average molecular weight is 373 g/mol. The van der Waals surface area contributed by atoms with Crippen molar-refractivity contribution in [2.45, 2.75) is 25.0 Å². The van der Waals surface area contributed by atoms with Crippen molar-refractivity contribution in [2.75, 3.05) is 0 Å². The molecular formula is C19H17ClN2O4. The largest absolute Gasteiger partial charge is 0.480 e. The molecule has 2 aromatic rings. The van der Waals surface area contributed by atoms with Crippen LogP contribution < -0.4 is 5.32 Å². The quantitative estimate of drug-likeness (QED) is 0.816. The molecule has 1 heterocycles. The number of nitrogens with zero attached hydrogens (tertiary/aromatic N) is 1. The standard InChI is InChI=1S/C19H17ClN2O4/c20-14-8-6-13(7-9-14)15-11-17(26-22-15)18(23)21-16(19(24)25)10-12-4-2-1-3-5-12/h1-9,16-17H,10-11H2,(H,21,23)(H,24,25)/t16-,17-/m1/s1. The molecule has 0 spiro atoms. The fraction of sp³-hybridized carbons (Fsp3) is 0.211. The van der Waals surface area contributed by atoms with E-state index in [1.807, 2.05) is 30.3 Å². The highest BCUT2D eigenvalue weighted by Crippen LogP contribution is 2.19. The number of carbonyl (C=O) groups excluding carboxylic acids is 1. The van der Waals surface area contributed by atoms with Gasteiger partial charge in [-0.05, 0) is 23.3 Å². The van der Waals surface area contributed by atoms with E-state index in [0.717, 1.165) is 11.1 Å². The second kappa shape index (κ2) is 8.01. The van der Waals surface area contributed by atoms with Crippen molar-refractivity contribution in [3.8, 4) is 0 Å². The van der Waals surface area contributed by atoms with E-state index in [-0.39, 0.29) is 12.8 Å². The zero-order valence-electron chi connectivity index (χ0n) is 13.8. The summed E-state index contributed by atoms with van der Waals surface area (Å²) in [5.41, 5.74) is 2.26. The monoisotopic (exact) mass is 372 g/mol. The molecule has 0 radical (unpaired) electrons. The van der Waals surface area contributed by atoms with E-state index in [0.29, 0.717) is 10.7 Å². The van der Waals surface area contributed by atoms with Gasteiger partial charge in [-0.1, -0.05) is 59.2 Å². The highest BCUT2D eigenvalue weighted by atomic mass is 35.5. The van der Waals surface area contributed by atoms with E-state index in [9.17, 15) is 14.7 Å². The maximum atomic E-state index is 12.4. The fourth-order valence-electron chi connectivity index (χ4n) is 2.65. The van der Waals surface area contributed by atoms with E-state index < -0.39 is 24.0 Å². The lowest BCUT2D eigenvalue weighted by molar-refractivity contribution is -0.143. The summed E-state index contributed by atoms with van der Waals surface area (Å²) in [7, 11) is 0. The van der Waals surface area contributed by atoms with Crippen molar-refractivity contribution in [3.63, 3.8) is 0 Å². The van der Waals surface area contributed by atoms with E-state index in [4.69, 9.17) is 16.4 Å². The van der Waals surface area contributed by atoms with Gasteiger partial charge in [0.1, 0.15) is 6.04 Å². The Balaban J connectivity index is 1.60. The van der Waals surface area contributed by atoms with Crippen molar-refractivity contribution in [3.05, 3.63) is 70.7 Å². The number of carboxylic acids is 1. The number of benzene rings is 2. The summed E-state index contributed by atoms with van der Waals surface area (Å²) in [6.07, 6.45) is -0.386. The van der Waals surface area contributed by atoms with Crippen LogP contribution in [0.4, 0.5) is 0 Å². The molecule has 1 aliphatic rings. The normalized spacial score (nSPS) is 17.1. The van der Waals surface area contributed by atoms with Crippen LogP contribution in [0.2, 0.25) is 5.02 Å². The number of nitrogens with one attached hydrogen (secondary N) is 1. The van der Waals surface area contributed by atoms with Crippen molar-refractivity contribution in [1.82, 2.24) is 5.32 Å². The molecule has 3 rings (SSSR count). The van der Waals surface area contributed by atoms with E-state index in [2.05, 4.69) is 10.5 Å². The number of halogens is 1. The van der Waals surface area contributed by atoms with Gasteiger partial charge in [0.15, 0.2) is 0 Å². The lowest BCUT2D eigenvalue weighted by atomic mass is 10.0. The van der Waals surface area contributed by atoms with Crippen molar-refractivity contribution in [2.24, 2.45) is 5.16 Å². The summed E-state index contributed by atoms with van der Waals surface area (Å²) >= 11 is 5.86. The number of oxime groups is 1. The van der Waals surface area contributed by atoms with E-state index >= 15 is 0 Å². The smallest absolute Gasteiger partial charge is 0.326 e. The van der Waals surface area contributed by atoms with Crippen LogP contribution in [-0.4, -0.2) is 34.8 Å². The number of amides is 1. The van der Waals surface area contributed by atoms with Crippen LogP contribution in [0, 0.1) is 0 Å². The minimum absolute atomic E-state index is 0.194. The van der Waals surface area contributed by atoms with Crippen LogP contribution in [0.5, 0.6) is 0 Å². The van der Waals surface area contributed by atoms with E-state index in [1.54, 1.807) is 24.3 Å². The molecular weight excluding hydrogens is 356 g/mol. The van der Waals surface area contributed by atoms with Crippen LogP contribution in [0.25, 0.3) is 0 Å². The molecule has 6 nitrogen and oxygen atoms in total. The van der Waals surface area contributed by atoms with Gasteiger partial charge in [-0.25, -0.2) is 4.79 Å². The molecule has 0 fully saturated rings. The third kappa shape index (κ3) is 4.40. The van der Waals surface area contributed by atoms with Gasteiger partial charge in [0.2, 0.25) is 6.10 Å². The third-order valence-corrected chi connectivity index (χ3v) is 4.29. The Kier molecular flexibility index (Phi) is 5.53. The summed E-state index contributed by atoms with van der Waals surface area (Å²) in [4.78, 5) is 29.1. The van der Waals surface area contributed by atoms with Gasteiger partial charge in [-0.3, -0.25) is 4.79 Å². The maximum absolute atomic E-state index is 12.4. The molecule has 1 aliphatic heterocycles. The summed E-state index contributed by atoms with van der Waals surface area (Å²) in [6, 6.07) is 15.1. The Morgan fingerprint density at radius 2 is 1.88 bits per heavy atom. The van der Waals surface area contributed by atoms with Gasteiger partial charge < -0.3 is 15.3 Å². The topological polar surface area (TPSA) is 88.0 Å². The van der Waals surface area contributed by atoms with Gasteiger partial charge >= 0.3 is 5.97 Å². The molecule has 0 bridgehead atoms. The molecule has 2 N–H and O–H groups in total. The van der Waals surface area contributed by atoms with Gasteiger partial charge in [-0.2, -0.15) is 0 Å². The Bertz CT molecular complexity index is 821. The summed E-state index contributed by atoms with van der Waals surface area (Å²) in [5.74, 6) is -1.60. The van der Waals surface area contributed by atoms with Crippen molar-refractivity contribution < 1.29 is 19.5 Å². The van der Waals surface area contributed by atoms with Crippen LogP contribution in [0.1, 0.15) is 17.5 Å². The van der Waals surface area contributed by atoms with Crippen LogP contribution in [0.15, 0.2) is 59.8 Å². The molecule has 2 aromatic carbocycles. The van der Waals surface area contributed by atoms with Gasteiger partial charge in [0, 0.05) is 17.9 Å². The zero-order chi connectivity index (χ0) is 18.5. The maximum Gasteiger partial charge on any atom is 0.326 e. The molecule has 0 saturated heterocycles. The van der Waals surface area contributed by atoms with Crippen molar-refractivity contribution in [1.29, 1.82) is 0 Å². The minimum atomic E-state index is -1.10. The zero-order valence-corrected chi connectivity index (χ0v) is 14.5. The van der Waals surface area contributed by atoms with Crippen LogP contribution in [-0.2, 0) is 20.8 Å². The number of carbonyl (C=O) groups is 2. The fourth-order valence-corrected chi connectivity index (χ4v) is 2.77. The first kappa shape index (κ1) is 17.9. The number of hydrogen-bond donors (Lipinski definition) is 2. The minimum Gasteiger partial charge on any atom is -0.480 e. The molecule has 26 heavy (non-hydrogen) atoms. The Morgan fingerprint density at radius 1 is 1.19 bits per heavy atom. The second-order valence-electron chi connectivity index (χ2n) is 5.93. The Hall–Kier alpha value is -2.86. The summed E-state index contributed by atoms with van der Waals surface area (Å²) in [6.45, 7) is 0. The van der Waals surface area contributed by atoms with Crippen molar-refractivity contribution >= 4 is 29.2 Å². The summed E-state index contributed by atoms with van der Waals surface area (Å²) < 4.78 is 0.